The molecule has 130 valence electrons. The van der Waals surface area contributed by atoms with E-state index in [4.69, 9.17) is 4.42 Å². The molecule has 2 rings (SSSR count). The number of aliphatic hydroxyl groups is 1. The van der Waals surface area contributed by atoms with Gasteiger partial charge in [0, 0.05) is 7.05 Å². The van der Waals surface area contributed by atoms with Crippen LogP contribution < -0.4 is 0 Å². The monoisotopic (exact) mass is 334 g/mol. The summed E-state index contributed by atoms with van der Waals surface area (Å²) in [6.45, 7) is 1.26. The number of likely N-dealkylation sites (tertiary alicyclic amines) is 1. The van der Waals surface area contributed by atoms with E-state index in [0.717, 1.165) is 0 Å². The first-order valence-electron chi connectivity index (χ1n) is 7.51. The molecule has 1 N–H and O–H groups in total. The highest BCUT2D eigenvalue weighted by molar-refractivity contribution is 5.77. The molecular weight excluding hydrogens is 313 g/mol. The number of halogens is 3. The number of aliphatic hydroxyl groups excluding tert-OH is 1. The Morgan fingerprint density at radius 1 is 1.48 bits per heavy atom. The summed E-state index contributed by atoms with van der Waals surface area (Å²) in [7, 11) is 1.66. The van der Waals surface area contributed by atoms with Crippen LogP contribution in [0, 0.1) is 5.92 Å². The van der Waals surface area contributed by atoms with Crippen LogP contribution in [0.15, 0.2) is 22.8 Å². The summed E-state index contributed by atoms with van der Waals surface area (Å²) in [5, 5.41) is 9.28. The first-order valence-corrected chi connectivity index (χ1v) is 7.51. The molecule has 1 aliphatic rings. The second-order valence-electron chi connectivity index (χ2n) is 5.93. The number of alkyl halides is 3. The van der Waals surface area contributed by atoms with Crippen LogP contribution >= 0.6 is 0 Å². The number of likely N-dealkylation sites (N-methyl/N-ethyl adjacent to an activating group) is 1. The van der Waals surface area contributed by atoms with Gasteiger partial charge in [0.05, 0.1) is 19.4 Å². The third kappa shape index (κ3) is 4.97. The topological polar surface area (TPSA) is 56.9 Å². The Morgan fingerprint density at radius 2 is 2.13 bits per heavy atom. The minimum atomic E-state index is -4.58. The van der Waals surface area contributed by atoms with Crippen LogP contribution in [0.3, 0.4) is 0 Å². The van der Waals surface area contributed by atoms with Crippen molar-refractivity contribution < 1.29 is 27.5 Å². The van der Waals surface area contributed by atoms with E-state index in [0.29, 0.717) is 25.4 Å². The third-order valence-corrected chi connectivity index (χ3v) is 4.17. The molecule has 1 fully saturated rings. The second-order valence-corrected chi connectivity index (χ2v) is 5.93. The lowest BCUT2D eigenvalue weighted by molar-refractivity contribution is -0.223. The molecule has 1 aromatic rings. The average Bonchev–Trinajstić information content (AvgIpc) is 2.99. The van der Waals surface area contributed by atoms with Gasteiger partial charge in [0.2, 0.25) is 5.91 Å². The van der Waals surface area contributed by atoms with E-state index in [1.165, 1.54) is 11.2 Å². The number of carbonyl (C=O) groups excluding carboxylic acids is 1. The molecule has 0 spiro atoms. The molecule has 23 heavy (non-hydrogen) atoms. The number of hydrogen-bond donors (Lipinski definition) is 1. The normalized spacial score (nSPS) is 18.8. The smallest absolute Gasteiger partial charge is 0.414 e. The number of nitrogens with zero attached hydrogens (tertiary/aromatic N) is 2. The number of piperidine rings is 1. The first-order chi connectivity index (χ1) is 10.8. The van der Waals surface area contributed by atoms with Crippen molar-refractivity contribution in [1.82, 2.24) is 9.80 Å². The fourth-order valence-electron chi connectivity index (χ4n) is 2.73. The quantitative estimate of drug-likeness (QED) is 0.893. The van der Waals surface area contributed by atoms with E-state index in [9.17, 15) is 23.1 Å². The number of amides is 1. The van der Waals surface area contributed by atoms with Gasteiger partial charge in [-0.2, -0.15) is 13.2 Å². The largest absolute Gasteiger partial charge is 0.467 e. The van der Waals surface area contributed by atoms with Gasteiger partial charge in [-0.25, -0.2) is 0 Å². The maximum atomic E-state index is 12.5. The van der Waals surface area contributed by atoms with Crippen molar-refractivity contribution in [1.29, 1.82) is 0 Å². The SMILES string of the molecule is CN(Cc1ccco1)C(=O)CN1CCC(C(O)C(F)(F)F)CC1. The summed E-state index contributed by atoms with van der Waals surface area (Å²) in [6, 6.07) is 3.51. The molecule has 0 aromatic carbocycles. The summed E-state index contributed by atoms with van der Waals surface area (Å²) in [6.07, 6.45) is -4.86. The Kier molecular flexibility index (Phi) is 5.69. The van der Waals surface area contributed by atoms with Crippen molar-refractivity contribution in [2.24, 2.45) is 5.92 Å². The Labute approximate surface area is 132 Å². The van der Waals surface area contributed by atoms with Gasteiger partial charge >= 0.3 is 6.18 Å². The lowest BCUT2D eigenvalue weighted by Gasteiger charge is -2.34. The van der Waals surface area contributed by atoms with Crippen LogP contribution in [0.5, 0.6) is 0 Å². The molecule has 1 atom stereocenters. The molecule has 1 aromatic heterocycles. The van der Waals surface area contributed by atoms with Gasteiger partial charge < -0.3 is 14.4 Å². The van der Waals surface area contributed by atoms with E-state index in [1.807, 2.05) is 4.90 Å². The van der Waals surface area contributed by atoms with Crippen molar-refractivity contribution in [2.75, 3.05) is 26.7 Å². The molecule has 5 nitrogen and oxygen atoms in total. The fraction of sp³-hybridized carbons (Fsp3) is 0.667. The lowest BCUT2D eigenvalue weighted by Crippen LogP contribution is -2.46. The van der Waals surface area contributed by atoms with E-state index in [1.54, 1.807) is 19.2 Å². The fourth-order valence-corrected chi connectivity index (χ4v) is 2.73. The zero-order valence-corrected chi connectivity index (χ0v) is 12.9. The highest BCUT2D eigenvalue weighted by atomic mass is 19.4. The maximum absolute atomic E-state index is 12.5. The number of rotatable bonds is 5. The van der Waals surface area contributed by atoms with Crippen molar-refractivity contribution >= 4 is 5.91 Å². The zero-order chi connectivity index (χ0) is 17.0. The molecule has 0 radical (unpaired) electrons. The summed E-state index contributed by atoms with van der Waals surface area (Å²) in [4.78, 5) is 15.5. The molecular formula is C15H21F3N2O3. The molecule has 1 saturated heterocycles. The highest BCUT2D eigenvalue weighted by Gasteiger charge is 2.44. The van der Waals surface area contributed by atoms with Crippen LogP contribution in [0.25, 0.3) is 0 Å². The Morgan fingerprint density at radius 3 is 2.65 bits per heavy atom. The van der Waals surface area contributed by atoms with Gasteiger partial charge in [0.25, 0.3) is 0 Å². The number of carbonyl (C=O) groups is 1. The second kappa shape index (κ2) is 7.35. The predicted octanol–water partition coefficient (Wildman–Crippen LogP) is 1.87. The Hall–Kier alpha value is -1.54. The molecule has 0 aliphatic carbocycles. The van der Waals surface area contributed by atoms with Gasteiger partial charge in [-0.15, -0.1) is 0 Å². The van der Waals surface area contributed by atoms with Crippen molar-refractivity contribution in [3.05, 3.63) is 24.2 Å². The van der Waals surface area contributed by atoms with Crippen molar-refractivity contribution in [2.45, 2.75) is 31.7 Å². The zero-order valence-electron chi connectivity index (χ0n) is 12.9. The van der Waals surface area contributed by atoms with Crippen LogP contribution in [-0.4, -0.2) is 59.8 Å². The van der Waals surface area contributed by atoms with Crippen LogP contribution in [0.1, 0.15) is 18.6 Å². The van der Waals surface area contributed by atoms with Gasteiger partial charge in [-0.1, -0.05) is 0 Å². The minimum Gasteiger partial charge on any atom is -0.467 e. The van der Waals surface area contributed by atoms with Crippen molar-refractivity contribution in [3.8, 4) is 0 Å². The van der Waals surface area contributed by atoms with Gasteiger partial charge in [-0.3, -0.25) is 9.69 Å². The summed E-state index contributed by atoms with van der Waals surface area (Å²) in [5.74, 6) is -0.230. The maximum Gasteiger partial charge on any atom is 0.414 e. The highest BCUT2D eigenvalue weighted by Crippen LogP contribution is 2.31. The molecule has 1 amide bonds. The first kappa shape index (κ1) is 17.8. The number of furan rings is 1. The molecule has 0 bridgehead atoms. The van der Waals surface area contributed by atoms with Crippen LogP contribution in [0.2, 0.25) is 0 Å². The number of hydrogen-bond acceptors (Lipinski definition) is 4. The summed E-state index contributed by atoms with van der Waals surface area (Å²) < 4.78 is 42.7. The van der Waals surface area contributed by atoms with Crippen molar-refractivity contribution in [3.63, 3.8) is 0 Å². The third-order valence-electron chi connectivity index (χ3n) is 4.17. The summed E-state index contributed by atoms with van der Waals surface area (Å²) in [5.41, 5.74) is 0. The minimum absolute atomic E-state index is 0.115. The van der Waals surface area contributed by atoms with Crippen LogP contribution in [-0.2, 0) is 11.3 Å². The van der Waals surface area contributed by atoms with Crippen LogP contribution in [0.4, 0.5) is 13.2 Å². The van der Waals surface area contributed by atoms with E-state index in [-0.39, 0.29) is 25.3 Å². The van der Waals surface area contributed by atoms with E-state index >= 15 is 0 Å². The molecule has 8 heteroatoms. The van der Waals surface area contributed by atoms with Gasteiger partial charge in [0.15, 0.2) is 6.10 Å². The molecule has 1 unspecified atom stereocenters. The van der Waals surface area contributed by atoms with E-state index in [2.05, 4.69) is 0 Å². The predicted molar refractivity (Wildman–Crippen MR) is 76.4 cm³/mol. The Bertz CT molecular complexity index is 497. The average molecular weight is 334 g/mol. The Balaban J connectivity index is 1.76. The van der Waals surface area contributed by atoms with Gasteiger partial charge in [-0.05, 0) is 44.0 Å². The molecule has 2 heterocycles. The lowest BCUT2D eigenvalue weighted by atomic mass is 9.91. The standard InChI is InChI=1S/C15H21F3N2O3/c1-19(9-12-3-2-8-23-12)13(21)10-20-6-4-11(5-7-20)14(22)15(16,17)18/h2-3,8,11,14,22H,4-7,9-10H2,1H3. The van der Waals surface area contributed by atoms with Gasteiger partial charge in [0.1, 0.15) is 5.76 Å². The van der Waals surface area contributed by atoms with E-state index < -0.39 is 18.2 Å². The molecule has 1 aliphatic heterocycles. The summed E-state index contributed by atoms with van der Waals surface area (Å²) >= 11 is 0. The molecule has 0 saturated carbocycles.